The Labute approximate surface area is 197 Å². The zero-order valence-corrected chi connectivity index (χ0v) is 18.7. The van der Waals surface area contributed by atoms with Crippen molar-refractivity contribution in [2.75, 3.05) is 43.4 Å². The van der Waals surface area contributed by atoms with Gasteiger partial charge in [-0.2, -0.15) is 0 Å². The van der Waals surface area contributed by atoms with Crippen LogP contribution in [-0.4, -0.2) is 43.9 Å². The molecule has 3 aromatic carbocycles. The number of nitrogens with zero attached hydrogens (tertiary/aromatic N) is 1. The molecule has 0 spiro atoms. The average Bonchev–Trinajstić information content (AvgIpc) is 3.31. The van der Waals surface area contributed by atoms with Gasteiger partial charge in [0, 0.05) is 37.5 Å². The van der Waals surface area contributed by atoms with Gasteiger partial charge in [-0.15, -0.1) is 0 Å². The van der Waals surface area contributed by atoms with Crippen LogP contribution in [0.3, 0.4) is 0 Å². The average molecular weight is 463 g/mol. The summed E-state index contributed by atoms with van der Waals surface area (Å²) in [5.41, 5.74) is 8.90. The lowest BCUT2D eigenvalue weighted by Gasteiger charge is -2.23. The molecule has 4 N–H and O–H groups in total. The minimum Gasteiger partial charge on any atom is -0.454 e. The Kier molecular flexibility index (Phi) is 7.14. The molecule has 0 saturated carbocycles. The van der Waals surface area contributed by atoms with Crippen LogP contribution in [-0.2, 0) is 11.3 Å². The van der Waals surface area contributed by atoms with E-state index in [1.165, 1.54) is 0 Å². The van der Waals surface area contributed by atoms with Gasteiger partial charge in [-0.25, -0.2) is 4.79 Å². The van der Waals surface area contributed by atoms with Crippen LogP contribution in [0.15, 0.2) is 66.7 Å². The molecule has 0 bridgehead atoms. The number of anilines is 3. The van der Waals surface area contributed by atoms with E-state index in [0.29, 0.717) is 53.8 Å². The maximum Gasteiger partial charge on any atom is 0.322 e. The maximum absolute atomic E-state index is 12.9. The summed E-state index contributed by atoms with van der Waals surface area (Å²) in [6.07, 6.45) is 0. The van der Waals surface area contributed by atoms with Gasteiger partial charge < -0.3 is 35.5 Å². The van der Waals surface area contributed by atoms with E-state index < -0.39 is 0 Å². The molecular weight excluding hydrogens is 436 g/mol. The number of amides is 3. The van der Waals surface area contributed by atoms with E-state index in [-0.39, 0.29) is 18.7 Å². The molecule has 0 atom stereocenters. The van der Waals surface area contributed by atoms with Crippen molar-refractivity contribution >= 4 is 29.0 Å². The normalized spacial score (nSPS) is 11.7. The molecule has 1 aliphatic rings. The fraction of sp³-hybridized carbons (Fsp3) is 0.200. The zero-order chi connectivity index (χ0) is 23.9. The molecule has 9 heteroatoms. The van der Waals surface area contributed by atoms with Gasteiger partial charge in [0.1, 0.15) is 0 Å². The second kappa shape index (κ2) is 10.6. The summed E-state index contributed by atoms with van der Waals surface area (Å²) in [6.45, 7) is 1.28. The predicted octanol–water partition coefficient (Wildman–Crippen LogP) is 3.93. The van der Waals surface area contributed by atoms with Gasteiger partial charge in [-0.3, -0.25) is 4.79 Å². The van der Waals surface area contributed by atoms with Gasteiger partial charge in [0.05, 0.1) is 18.0 Å². The number of nitrogen functional groups attached to an aromatic ring is 1. The molecule has 1 heterocycles. The van der Waals surface area contributed by atoms with Crippen molar-refractivity contribution in [3.05, 3.63) is 77.9 Å². The molecule has 0 saturated heterocycles. The number of hydrogen-bond donors (Lipinski definition) is 3. The minimum absolute atomic E-state index is 0.166. The van der Waals surface area contributed by atoms with E-state index in [1.807, 2.05) is 12.1 Å². The van der Waals surface area contributed by atoms with Gasteiger partial charge in [0.2, 0.25) is 6.79 Å². The van der Waals surface area contributed by atoms with E-state index in [1.54, 1.807) is 66.6 Å². The second-order valence-electron chi connectivity index (χ2n) is 7.65. The van der Waals surface area contributed by atoms with Crippen molar-refractivity contribution in [1.82, 2.24) is 4.90 Å². The largest absolute Gasteiger partial charge is 0.454 e. The van der Waals surface area contributed by atoms with Crippen molar-refractivity contribution < 1.29 is 23.8 Å². The van der Waals surface area contributed by atoms with Gasteiger partial charge >= 0.3 is 6.03 Å². The number of rotatable bonds is 8. The Balaban J connectivity index is 1.40. The van der Waals surface area contributed by atoms with Gasteiger partial charge in [-0.05, 0) is 42.0 Å². The number of para-hydroxylation sites is 2. The third kappa shape index (κ3) is 5.57. The maximum atomic E-state index is 12.9. The van der Waals surface area contributed by atoms with Crippen LogP contribution in [0.1, 0.15) is 15.9 Å². The number of carbonyl (C=O) groups excluding carboxylic acids is 2. The molecule has 34 heavy (non-hydrogen) atoms. The molecule has 0 unspecified atom stereocenters. The first-order valence-corrected chi connectivity index (χ1v) is 10.7. The number of methoxy groups -OCH3 is 1. The summed E-state index contributed by atoms with van der Waals surface area (Å²) in [6, 6.07) is 19.1. The summed E-state index contributed by atoms with van der Waals surface area (Å²) in [4.78, 5) is 27.1. The lowest BCUT2D eigenvalue weighted by atomic mass is 10.1. The highest BCUT2D eigenvalue weighted by Crippen LogP contribution is 2.34. The smallest absolute Gasteiger partial charge is 0.322 e. The van der Waals surface area contributed by atoms with Crippen molar-refractivity contribution in [3.8, 4) is 11.5 Å². The Hall–Kier alpha value is -4.24. The number of nitrogens with two attached hydrogens (primary N) is 1. The number of urea groups is 1. The number of carbonyl (C=O) groups is 2. The van der Waals surface area contributed by atoms with Crippen molar-refractivity contribution in [2.24, 2.45) is 0 Å². The summed E-state index contributed by atoms with van der Waals surface area (Å²) in [5.74, 6) is 0.974. The van der Waals surface area contributed by atoms with E-state index in [2.05, 4.69) is 10.6 Å². The van der Waals surface area contributed by atoms with Crippen LogP contribution in [0.5, 0.6) is 11.5 Å². The quantitative estimate of drug-likeness (QED) is 0.437. The molecule has 9 nitrogen and oxygen atoms in total. The van der Waals surface area contributed by atoms with Gasteiger partial charge in [0.25, 0.3) is 5.91 Å². The topological polar surface area (TPSA) is 115 Å². The number of ether oxygens (including phenoxy) is 3. The summed E-state index contributed by atoms with van der Waals surface area (Å²) < 4.78 is 15.8. The van der Waals surface area contributed by atoms with E-state index >= 15 is 0 Å². The second-order valence-corrected chi connectivity index (χ2v) is 7.65. The number of hydrogen-bond acceptors (Lipinski definition) is 6. The van der Waals surface area contributed by atoms with Gasteiger partial charge in [0.15, 0.2) is 11.5 Å². The summed E-state index contributed by atoms with van der Waals surface area (Å²) >= 11 is 0. The van der Waals surface area contributed by atoms with Crippen LogP contribution >= 0.6 is 0 Å². The first-order valence-electron chi connectivity index (χ1n) is 10.7. The van der Waals surface area contributed by atoms with Crippen LogP contribution in [0.4, 0.5) is 21.9 Å². The first-order chi connectivity index (χ1) is 16.5. The zero-order valence-electron chi connectivity index (χ0n) is 18.7. The van der Waals surface area contributed by atoms with Crippen LogP contribution in [0, 0.1) is 0 Å². The Morgan fingerprint density at radius 2 is 1.76 bits per heavy atom. The molecule has 3 aromatic rings. The van der Waals surface area contributed by atoms with Gasteiger partial charge in [-0.1, -0.05) is 24.3 Å². The molecule has 0 aliphatic carbocycles. The SMILES string of the molecule is COCCN(Cc1ccc(C(=O)Nc2ccccc2N)cc1)C(=O)Nc1ccc2c(c1)OCO2. The Bertz CT molecular complexity index is 1170. The molecule has 3 amide bonds. The summed E-state index contributed by atoms with van der Waals surface area (Å²) in [7, 11) is 1.58. The van der Waals surface area contributed by atoms with Crippen molar-refractivity contribution in [1.29, 1.82) is 0 Å². The third-order valence-electron chi connectivity index (χ3n) is 5.27. The van der Waals surface area contributed by atoms with Crippen LogP contribution in [0.25, 0.3) is 0 Å². The van der Waals surface area contributed by atoms with Crippen molar-refractivity contribution in [3.63, 3.8) is 0 Å². The molecule has 1 aliphatic heterocycles. The highest BCUT2D eigenvalue weighted by Gasteiger charge is 2.18. The predicted molar refractivity (Wildman–Crippen MR) is 129 cm³/mol. The number of benzene rings is 3. The highest BCUT2D eigenvalue weighted by atomic mass is 16.7. The van der Waals surface area contributed by atoms with E-state index in [4.69, 9.17) is 19.9 Å². The minimum atomic E-state index is -0.280. The molecular formula is C25H26N4O5. The standard InChI is InChI=1S/C25H26N4O5/c1-32-13-12-29(25(31)27-19-10-11-22-23(14-19)34-16-33-22)15-17-6-8-18(9-7-17)24(30)28-21-5-3-2-4-20(21)26/h2-11,14H,12-13,15-16,26H2,1H3,(H,27,31)(H,28,30). The molecule has 0 radical (unpaired) electrons. The van der Waals surface area contributed by atoms with Crippen LogP contribution in [0.2, 0.25) is 0 Å². The number of nitrogens with one attached hydrogen (secondary N) is 2. The van der Waals surface area contributed by atoms with Crippen LogP contribution < -0.4 is 25.8 Å². The Morgan fingerprint density at radius 3 is 2.53 bits per heavy atom. The van der Waals surface area contributed by atoms with E-state index in [9.17, 15) is 9.59 Å². The molecule has 0 fully saturated rings. The lowest BCUT2D eigenvalue weighted by Crippen LogP contribution is -2.36. The fourth-order valence-corrected chi connectivity index (χ4v) is 3.42. The molecule has 4 rings (SSSR count). The molecule has 0 aromatic heterocycles. The van der Waals surface area contributed by atoms with E-state index in [0.717, 1.165) is 5.56 Å². The first kappa shape index (κ1) is 22.9. The summed E-state index contributed by atoms with van der Waals surface area (Å²) in [5, 5.41) is 5.69. The third-order valence-corrected chi connectivity index (χ3v) is 5.27. The Morgan fingerprint density at radius 1 is 1.00 bits per heavy atom. The lowest BCUT2D eigenvalue weighted by molar-refractivity contribution is 0.102. The highest BCUT2D eigenvalue weighted by molar-refractivity contribution is 6.05. The molecule has 176 valence electrons. The fourth-order valence-electron chi connectivity index (χ4n) is 3.42. The number of fused-ring (bicyclic) bond motifs is 1. The van der Waals surface area contributed by atoms with Crippen molar-refractivity contribution in [2.45, 2.75) is 6.54 Å². The monoisotopic (exact) mass is 462 g/mol.